The molecule has 2 N–H and O–H groups in total. The molecular weight excluding hydrogens is 323 g/mol. The topological polar surface area (TPSA) is 55.8 Å². The van der Waals surface area contributed by atoms with Crippen LogP contribution in [0, 0.1) is 0 Å². The summed E-state index contributed by atoms with van der Waals surface area (Å²) in [4.78, 5) is 15.3. The van der Waals surface area contributed by atoms with Gasteiger partial charge in [0.1, 0.15) is 0 Å². The third-order valence-electron chi connectivity index (χ3n) is 4.20. The Hall–Kier alpha value is -0.570. The van der Waals surface area contributed by atoms with Crippen LogP contribution >= 0.6 is 12.4 Å². The molecule has 2 aliphatic rings. The summed E-state index contributed by atoms with van der Waals surface area (Å²) in [6.45, 7) is 3.59. The van der Waals surface area contributed by atoms with Crippen LogP contribution in [0.1, 0.15) is 19.3 Å². The van der Waals surface area contributed by atoms with E-state index in [9.17, 15) is 23.1 Å². The summed E-state index contributed by atoms with van der Waals surface area (Å²) in [5, 5.41) is 12.5. The lowest BCUT2D eigenvalue weighted by molar-refractivity contribution is -0.219. The largest absolute Gasteiger partial charge is 0.415 e. The number of hydrogen-bond donors (Lipinski definition) is 2. The normalized spacial score (nSPS) is 24.9. The first-order chi connectivity index (χ1) is 9.89. The van der Waals surface area contributed by atoms with Crippen LogP contribution in [0.4, 0.5) is 13.2 Å². The van der Waals surface area contributed by atoms with Gasteiger partial charge in [-0.1, -0.05) is 0 Å². The average Bonchev–Trinajstić information content (AvgIpc) is 2.92. The highest BCUT2D eigenvalue weighted by Crippen LogP contribution is 2.30. The van der Waals surface area contributed by atoms with Crippen molar-refractivity contribution in [3.05, 3.63) is 0 Å². The summed E-state index contributed by atoms with van der Waals surface area (Å²) in [6, 6.07) is -0.916. The maximum Gasteiger partial charge on any atom is 0.415 e. The molecule has 2 rings (SSSR count). The lowest BCUT2D eigenvalue weighted by Gasteiger charge is -2.31. The fraction of sp³-hybridized carbons (Fsp3) is 0.923. The van der Waals surface area contributed by atoms with Gasteiger partial charge in [-0.25, -0.2) is 0 Å². The molecule has 0 bridgehead atoms. The molecular formula is C13H23ClF3N3O2. The maximum atomic E-state index is 12.6. The molecule has 2 atom stereocenters. The molecule has 2 heterocycles. The summed E-state index contributed by atoms with van der Waals surface area (Å²) < 4.78 is 37.8. The molecule has 130 valence electrons. The van der Waals surface area contributed by atoms with E-state index in [0.29, 0.717) is 32.5 Å². The Labute approximate surface area is 134 Å². The summed E-state index contributed by atoms with van der Waals surface area (Å²) in [5.41, 5.74) is 0. The fourth-order valence-electron chi connectivity index (χ4n) is 3.02. The Morgan fingerprint density at radius 3 is 2.50 bits per heavy atom. The van der Waals surface area contributed by atoms with Gasteiger partial charge in [-0.3, -0.25) is 9.69 Å². The highest BCUT2D eigenvalue weighted by Gasteiger charge is 2.46. The van der Waals surface area contributed by atoms with Gasteiger partial charge in [0.05, 0.1) is 0 Å². The number of aliphatic hydroxyl groups excluding tert-OH is 1. The molecule has 0 radical (unpaired) electrons. The molecule has 0 saturated carbocycles. The maximum absolute atomic E-state index is 12.6. The Morgan fingerprint density at radius 1 is 1.27 bits per heavy atom. The Bertz CT molecular complexity index is 365. The number of hydrogen-bond acceptors (Lipinski definition) is 4. The van der Waals surface area contributed by atoms with E-state index < -0.39 is 18.3 Å². The predicted octanol–water partition coefficient (Wildman–Crippen LogP) is 0.618. The van der Waals surface area contributed by atoms with Crippen LogP contribution in [0.15, 0.2) is 0 Å². The highest BCUT2D eigenvalue weighted by molar-refractivity contribution is 5.85. The third-order valence-corrected chi connectivity index (χ3v) is 4.20. The Morgan fingerprint density at radius 2 is 1.91 bits per heavy atom. The van der Waals surface area contributed by atoms with Crippen molar-refractivity contribution in [2.75, 3.05) is 39.3 Å². The van der Waals surface area contributed by atoms with E-state index in [4.69, 9.17) is 0 Å². The molecule has 0 aromatic carbocycles. The molecule has 5 nitrogen and oxygen atoms in total. The number of alkyl halides is 3. The zero-order valence-corrected chi connectivity index (χ0v) is 13.1. The van der Waals surface area contributed by atoms with Gasteiger partial charge in [-0.15, -0.1) is 12.4 Å². The number of halogens is 4. The number of rotatable bonds is 4. The minimum Gasteiger partial charge on any atom is -0.382 e. The summed E-state index contributed by atoms with van der Waals surface area (Å²) >= 11 is 0. The molecule has 2 unspecified atom stereocenters. The monoisotopic (exact) mass is 345 g/mol. The van der Waals surface area contributed by atoms with Crippen LogP contribution in [-0.4, -0.2) is 78.4 Å². The number of nitrogens with zero attached hydrogens (tertiary/aromatic N) is 2. The lowest BCUT2D eigenvalue weighted by Crippen LogP contribution is -2.49. The van der Waals surface area contributed by atoms with Gasteiger partial charge in [0.15, 0.2) is 6.10 Å². The second-order valence-electron chi connectivity index (χ2n) is 5.61. The fourth-order valence-corrected chi connectivity index (χ4v) is 3.02. The molecule has 0 aliphatic carbocycles. The Balaban J connectivity index is 0.00000242. The molecule has 2 aliphatic heterocycles. The van der Waals surface area contributed by atoms with Crippen molar-refractivity contribution >= 4 is 18.3 Å². The summed E-state index contributed by atoms with van der Waals surface area (Å²) in [6.07, 6.45) is -5.77. The predicted molar refractivity (Wildman–Crippen MR) is 78.0 cm³/mol. The molecule has 0 aromatic heterocycles. The van der Waals surface area contributed by atoms with E-state index in [1.54, 1.807) is 9.80 Å². The number of carbonyl (C=O) groups is 1. The van der Waals surface area contributed by atoms with Crippen LogP contribution in [0.2, 0.25) is 0 Å². The van der Waals surface area contributed by atoms with Crippen molar-refractivity contribution in [2.45, 2.75) is 37.6 Å². The zero-order chi connectivity index (χ0) is 15.5. The minimum absolute atomic E-state index is 0. The van der Waals surface area contributed by atoms with E-state index in [2.05, 4.69) is 5.32 Å². The molecule has 2 saturated heterocycles. The van der Waals surface area contributed by atoms with E-state index in [-0.39, 0.29) is 31.3 Å². The number of amides is 1. The zero-order valence-electron chi connectivity index (χ0n) is 12.3. The molecule has 22 heavy (non-hydrogen) atoms. The SMILES string of the molecule is Cl.O=C(CCN1CCCC1C(O)C(F)(F)F)N1CCNCC1. The van der Waals surface area contributed by atoms with Crippen molar-refractivity contribution in [3.63, 3.8) is 0 Å². The first kappa shape index (κ1) is 19.5. The lowest BCUT2D eigenvalue weighted by atomic mass is 10.1. The van der Waals surface area contributed by atoms with E-state index in [0.717, 1.165) is 13.1 Å². The van der Waals surface area contributed by atoms with Gasteiger partial charge in [-0.2, -0.15) is 13.2 Å². The van der Waals surface area contributed by atoms with E-state index in [1.807, 2.05) is 0 Å². The van der Waals surface area contributed by atoms with Crippen molar-refractivity contribution in [1.29, 1.82) is 0 Å². The van der Waals surface area contributed by atoms with Gasteiger partial charge in [0, 0.05) is 45.2 Å². The highest BCUT2D eigenvalue weighted by atomic mass is 35.5. The van der Waals surface area contributed by atoms with Crippen LogP contribution in [0.5, 0.6) is 0 Å². The van der Waals surface area contributed by atoms with Crippen molar-refractivity contribution in [3.8, 4) is 0 Å². The van der Waals surface area contributed by atoms with Gasteiger partial charge >= 0.3 is 6.18 Å². The number of nitrogens with one attached hydrogen (secondary N) is 1. The van der Waals surface area contributed by atoms with Crippen LogP contribution < -0.4 is 5.32 Å². The average molecular weight is 346 g/mol. The van der Waals surface area contributed by atoms with Crippen LogP contribution in [0.25, 0.3) is 0 Å². The first-order valence-corrected chi connectivity index (χ1v) is 7.37. The second kappa shape index (κ2) is 8.33. The first-order valence-electron chi connectivity index (χ1n) is 7.37. The molecule has 0 aromatic rings. The van der Waals surface area contributed by atoms with Gasteiger partial charge in [-0.05, 0) is 19.4 Å². The quantitative estimate of drug-likeness (QED) is 0.784. The van der Waals surface area contributed by atoms with Crippen molar-refractivity contribution in [1.82, 2.24) is 15.1 Å². The van der Waals surface area contributed by atoms with E-state index in [1.165, 1.54) is 0 Å². The second-order valence-corrected chi connectivity index (χ2v) is 5.61. The molecule has 0 spiro atoms. The molecule has 1 amide bonds. The van der Waals surface area contributed by atoms with Crippen molar-refractivity contribution < 1.29 is 23.1 Å². The van der Waals surface area contributed by atoms with Gasteiger partial charge < -0.3 is 15.3 Å². The number of piperazine rings is 1. The summed E-state index contributed by atoms with van der Waals surface area (Å²) in [5.74, 6) is -0.0244. The summed E-state index contributed by atoms with van der Waals surface area (Å²) in [7, 11) is 0. The van der Waals surface area contributed by atoms with Crippen molar-refractivity contribution in [2.24, 2.45) is 0 Å². The van der Waals surface area contributed by atoms with E-state index >= 15 is 0 Å². The van der Waals surface area contributed by atoms with Gasteiger partial charge in [0.2, 0.25) is 5.91 Å². The minimum atomic E-state index is -4.60. The smallest absolute Gasteiger partial charge is 0.382 e. The number of aliphatic hydroxyl groups is 1. The third kappa shape index (κ3) is 4.97. The molecule has 9 heteroatoms. The number of likely N-dealkylation sites (tertiary alicyclic amines) is 1. The Kier molecular flexibility index (Phi) is 7.37. The van der Waals surface area contributed by atoms with Crippen LogP contribution in [0.3, 0.4) is 0 Å². The van der Waals surface area contributed by atoms with Crippen LogP contribution in [-0.2, 0) is 4.79 Å². The molecule has 2 fully saturated rings. The van der Waals surface area contributed by atoms with Gasteiger partial charge in [0.25, 0.3) is 0 Å². The number of carbonyl (C=O) groups excluding carboxylic acids is 1. The standard InChI is InChI=1S/C13H22F3N3O2.ClH/c14-13(15,16)12(21)10-2-1-6-18(10)7-3-11(20)19-8-4-17-5-9-19;/h10,12,17,21H,1-9H2;1H.